The molecule has 1 saturated carbocycles. The van der Waals surface area contributed by atoms with Crippen LogP contribution in [0.15, 0.2) is 48.9 Å². The number of pyridine rings is 1. The first-order chi connectivity index (χ1) is 15.3. The van der Waals surface area contributed by atoms with E-state index in [1.165, 1.54) is 24.0 Å². The predicted octanol–water partition coefficient (Wildman–Crippen LogP) is 4.57. The minimum Gasteiger partial charge on any atom is -0.382 e. The van der Waals surface area contributed by atoms with Crippen molar-refractivity contribution < 1.29 is 14.2 Å². The van der Waals surface area contributed by atoms with E-state index in [9.17, 15) is 5.11 Å². The largest absolute Gasteiger partial charge is 0.382 e. The van der Waals surface area contributed by atoms with E-state index in [-0.39, 0.29) is 17.5 Å². The van der Waals surface area contributed by atoms with Crippen LogP contribution in [0.5, 0.6) is 0 Å². The van der Waals surface area contributed by atoms with Crippen LogP contribution >= 0.6 is 0 Å². The van der Waals surface area contributed by atoms with Crippen LogP contribution in [0.3, 0.4) is 0 Å². The Morgan fingerprint density at radius 2 is 1.91 bits per heavy atom. The van der Waals surface area contributed by atoms with Crippen molar-refractivity contribution in [1.82, 2.24) is 19.4 Å². The average molecular weight is 430 g/mol. The fourth-order valence-electron chi connectivity index (χ4n) is 4.71. The van der Waals surface area contributed by atoms with Crippen LogP contribution in [0.2, 0.25) is 0 Å². The number of imidazole rings is 1. The van der Waals surface area contributed by atoms with Crippen molar-refractivity contribution >= 4 is 5.65 Å². The third-order valence-electron chi connectivity index (χ3n) is 6.47. The number of hydrogen-bond donors (Lipinski definition) is 1. The maximum Gasteiger partial charge on any atom is 0.159 e. The van der Waals surface area contributed by atoms with E-state index in [2.05, 4.69) is 33.2 Å². The number of fused-ring (bicyclic) bond motifs is 3. The molecular formula is C25H23FN4O2. The first-order valence-corrected chi connectivity index (χ1v) is 10.8. The van der Waals surface area contributed by atoms with Crippen molar-refractivity contribution in [2.75, 3.05) is 0 Å². The molecule has 1 atom stereocenters. The molecule has 6 rings (SSSR count). The van der Waals surface area contributed by atoms with Crippen LogP contribution < -0.4 is 0 Å². The van der Waals surface area contributed by atoms with Crippen molar-refractivity contribution in [3.05, 3.63) is 83.1 Å². The molecule has 32 heavy (non-hydrogen) atoms. The zero-order chi connectivity index (χ0) is 22.3. The monoisotopic (exact) mass is 430 g/mol. The van der Waals surface area contributed by atoms with Gasteiger partial charge in [-0.3, -0.25) is 4.40 Å². The molecule has 6 nitrogen and oxygen atoms in total. The molecule has 1 spiro atoms. The molecule has 1 aromatic carbocycles. The minimum atomic E-state index is -1.17. The Bertz CT molecular complexity index is 1370. The molecule has 0 saturated heterocycles. The van der Waals surface area contributed by atoms with Crippen molar-refractivity contribution in [2.24, 2.45) is 0 Å². The van der Waals surface area contributed by atoms with Gasteiger partial charge in [0, 0.05) is 35.8 Å². The molecule has 1 fully saturated rings. The SMILES string of the molecule is Cc1nc2cc(F)c(-c3cnc(C(C)(C)O)nc3)cn2c1C1OC2(CC2)c2ccccc21. The highest BCUT2D eigenvalue weighted by atomic mass is 19.1. The number of hydrogen-bond acceptors (Lipinski definition) is 5. The summed E-state index contributed by atoms with van der Waals surface area (Å²) in [5, 5.41) is 10.1. The molecular weight excluding hydrogens is 407 g/mol. The Morgan fingerprint density at radius 1 is 1.19 bits per heavy atom. The highest BCUT2D eigenvalue weighted by molar-refractivity contribution is 5.65. The standard InChI is InChI=1S/C25H23FN4O2/c1-14-21(22-16-6-4-5-7-18(16)25(32-22)8-9-25)30-13-17(19(26)10-20(30)29-14)15-11-27-23(28-12-15)24(2,3)31/h4-7,10-13,22,31H,8-9H2,1-3H3. The highest BCUT2D eigenvalue weighted by Gasteiger charge is 2.54. The molecule has 1 N–H and O–H groups in total. The molecule has 4 heterocycles. The molecule has 3 aromatic heterocycles. The third-order valence-corrected chi connectivity index (χ3v) is 6.47. The van der Waals surface area contributed by atoms with Gasteiger partial charge < -0.3 is 9.84 Å². The van der Waals surface area contributed by atoms with Crippen LogP contribution in [0.25, 0.3) is 16.8 Å². The van der Waals surface area contributed by atoms with Gasteiger partial charge in [0.05, 0.1) is 17.0 Å². The second kappa shape index (κ2) is 6.43. The summed E-state index contributed by atoms with van der Waals surface area (Å²) in [5.74, 6) is -0.118. The number of ether oxygens (including phenoxy) is 1. The van der Waals surface area contributed by atoms with Gasteiger partial charge in [-0.2, -0.15) is 0 Å². The lowest BCUT2D eigenvalue weighted by atomic mass is 9.99. The fourth-order valence-corrected chi connectivity index (χ4v) is 4.71. The zero-order valence-corrected chi connectivity index (χ0v) is 18.1. The van der Waals surface area contributed by atoms with Crippen molar-refractivity contribution in [1.29, 1.82) is 0 Å². The third kappa shape index (κ3) is 2.81. The second-order valence-corrected chi connectivity index (χ2v) is 9.28. The highest BCUT2D eigenvalue weighted by Crippen LogP contribution is 2.59. The molecule has 7 heteroatoms. The van der Waals surface area contributed by atoms with E-state index in [1.54, 1.807) is 20.0 Å². The summed E-state index contributed by atoms with van der Waals surface area (Å²) in [6.45, 7) is 5.16. The van der Waals surface area contributed by atoms with Crippen LogP contribution in [-0.4, -0.2) is 24.5 Å². The summed E-state index contributed by atoms with van der Waals surface area (Å²) in [4.78, 5) is 13.1. The van der Waals surface area contributed by atoms with Crippen LogP contribution in [0, 0.1) is 12.7 Å². The summed E-state index contributed by atoms with van der Waals surface area (Å²) in [6.07, 6.45) is 6.59. The lowest BCUT2D eigenvalue weighted by molar-refractivity contribution is 0.0104. The summed E-state index contributed by atoms with van der Waals surface area (Å²) in [5.41, 5.74) is 4.19. The Balaban J connectivity index is 1.49. The van der Waals surface area contributed by atoms with Crippen LogP contribution in [0.4, 0.5) is 4.39 Å². The summed E-state index contributed by atoms with van der Waals surface area (Å²) in [7, 11) is 0. The van der Waals surface area contributed by atoms with Crippen LogP contribution in [-0.2, 0) is 15.9 Å². The molecule has 0 radical (unpaired) electrons. The van der Waals surface area contributed by atoms with Gasteiger partial charge in [-0.25, -0.2) is 19.3 Å². The second-order valence-electron chi connectivity index (χ2n) is 9.28. The van der Waals surface area contributed by atoms with Gasteiger partial charge >= 0.3 is 0 Å². The maximum atomic E-state index is 15.0. The molecule has 1 aliphatic heterocycles. The average Bonchev–Trinajstić information content (AvgIpc) is 3.38. The lowest BCUT2D eigenvalue weighted by Gasteiger charge is -2.16. The number of aliphatic hydroxyl groups is 1. The molecule has 2 aliphatic rings. The molecule has 1 aliphatic carbocycles. The number of halogens is 1. The van der Waals surface area contributed by atoms with E-state index in [0.29, 0.717) is 16.8 Å². The van der Waals surface area contributed by atoms with Crippen LogP contribution in [0.1, 0.15) is 61.1 Å². The molecule has 162 valence electrons. The zero-order valence-electron chi connectivity index (χ0n) is 18.1. The number of benzene rings is 1. The molecule has 1 unspecified atom stereocenters. The Labute approximate surface area is 184 Å². The molecule has 0 amide bonds. The fraction of sp³-hybridized carbons (Fsp3) is 0.320. The Morgan fingerprint density at radius 3 is 2.59 bits per heavy atom. The van der Waals surface area contributed by atoms with Crippen molar-refractivity contribution in [3.8, 4) is 11.1 Å². The molecule has 0 bridgehead atoms. The first-order valence-electron chi connectivity index (χ1n) is 10.8. The summed E-state index contributed by atoms with van der Waals surface area (Å²) < 4.78 is 23.5. The first kappa shape index (κ1) is 19.5. The number of aryl methyl sites for hydroxylation is 1. The van der Waals surface area contributed by atoms with Gasteiger partial charge in [-0.05, 0) is 44.7 Å². The van der Waals surface area contributed by atoms with Crippen molar-refractivity contribution in [2.45, 2.75) is 50.9 Å². The van der Waals surface area contributed by atoms with E-state index >= 15 is 4.39 Å². The van der Waals surface area contributed by atoms with E-state index in [0.717, 1.165) is 29.8 Å². The number of nitrogens with zero attached hydrogens (tertiary/aromatic N) is 4. The maximum absolute atomic E-state index is 15.0. The summed E-state index contributed by atoms with van der Waals surface area (Å²) >= 11 is 0. The smallest absolute Gasteiger partial charge is 0.159 e. The van der Waals surface area contributed by atoms with Gasteiger partial charge in [-0.1, -0.05) is 24.3 Å². The quantitative estimate of drug-likeness (QED) is 0.515. The van der Waals surface area contributed by atoms with E-state index in [4.69, 9.17) is 4.74 Å². The van der Waals surface area contributed by atoms with Crippen molar-refractivity contribution in [3.63, 3.8) is 0 Å². The normalized spacial score (nSPS) is 19.0. The predicted molar refractivity (Wildman–Crippen MR) is 116 cm³/mol. The van der Waals surface area contributed by atoms with E-state index < -0.39 is 11.4 Å². The van der Waals surface area contributed by atoms with Gasteiger partial charge in [0.25, 0.3) is 0 Å². The lowest BCUT2D eigenvalue weighted by Crippen LogP contribution is -2.19. The van der Waals surface area contributed by atoms with Gasteiger partial charge in [-0.15, -0.1) is 0 Å². The Hall–Kier alpha value is -3.16. The van der Waals surface area contributed by atoms with Gasteiger partial charge in [0.1, 0.15) is 23.2 Å². The topological polar surface area (TPSA) is 72.5 Å². The Kier molecular flexibility index (Phi) is 3.92. The minimum absolute atomic E-state index is 0.193. The van der Waals surface area contributed by atoms with Gasteiger partial charge in [0.2, 0.25) is 0 Å². The molecule has 4 aromatic rings. The van der Waals surface area contributed by atoms with E-state index in [1.807, 2.05) is 17.4 Å². The number of rotatable bonds is 3. The number of aromatic nitrogens is 4. The van der Waals surface area contributed by atoms with Gasteiger partial charge in [0.15, 0.2) is 5.82 Å². The summed E-state index contributed by atoms with van der Waals surface area (Å²) in [6, 6.07) is 9.77.